The molecule has 0 bridgehead atoms. The molecule has 2 atom stereocenters. The Kier molecular flexibility index (Phi) is 7.83. The summed E-state index contributed by atoms with van der Waals surface area (Å²) in [5.41, 5.74) is 3.76. The maximum absolute atomic E-state index is 13.8. The van der Waals surface area contributed by atoms with Crippen LogP contribution in [0.4, 0.5) is 5.13 Å². The first-order valence-electron chi connectivity index (χ1n) is 14.6. The zero-order chi connectivity index (χ0) is 30.2. The summed E-state index contributed by atoms with van der Waals surface area (Å²) < 4.78 is 18.4. The number of Topliss-reactive ketones (excluding diaryl/α,β-unsaturated/α-hetero) is 1. The lowest BCUT2D eigenvalue weighted by Gasteiger charge is -2.24. The molecule has 0 saturated carbocycles. The van der Waals surface area contributed by atoms with Crippen LogP contribution < -0.4 is 19.1 Å². The molecule has 1 aromatic heterocycles. The summed E-state index contributed by atoms with van der Waals surface area (Å²) in [5, 5.41) is 12.1. The molecule has 0 spiro atoms. The van der Waals surface area contributed by atoms with E-state index in [-0.39, 0.29) is 17.4 Å². The van der Waals surface area contributed by atoms with Gasteiger partial charge in [0.15, 0.2) is 16.6 Å². The second kappa shape index (κ2) is 11.7. The van der Waals surface area contributed by atoms with Crippen LogP contribution in [0.2, 0.25) is 0 Å². The Balaban J connectivity index is 1.48. The number of ether oxygens (including phenoxy) is 3. The van der Waals surface area contributed by atoms with E-state index in [1.165, 1.54) is 16.2 Å². The SMILES string of the molecule is CCCCCOc1ccc([C@@H]2C(=C(O)c3ccc4c(c3)C[C@@H](C)O4)C(=O)C(=O)N2c2nc3ccc(C)cc3s2)cc1OC. The normalized spacial score (nSPS) is 19.1. The Morgan fingerprint density at radius 2 is 1.93 bits per heavy atom. The lowest BCUT2D eigenvalue weighted by molar-refractivity contribution is -0.132. The number of aliphatic hydroxyl groups excluding tert-OH is 1. The van der Waals surface area contributed by atoms with Gasteiger partial charge in [0.1, 0.15) is 17.6 Å². The van der Waals surface area contributed by atoms with Gasteiger partial charge in [-0.1, -0.05) is 43.2 Å². The van der Waals surface area contributed by atoms with E-state index in [4.69, 9.17) is 19.2 Å². The van der Waals surface area contributed by atoms with Crippen LogP contribution in [0.3, 0.4) is 0 Å². The lowest BCUT2D eigenvalue weighted by Crippen LogP contribution is -2.29. The van der Waals surface area contributed by atoms with Crippen molar-refractivity contribution in [1.82, 2.24) is 4.98 Å². The summed E-state index contributed by atoms with van der Waals surface area (Å²) in [6.07, 6.45) is 3.78. The highest BCUT2D eigenvalue weighted by atomic mass is 32.1. The minimum atomic E-state index is -0.937. The summed E-state index contributed by atoms with van der Waals surface area (Å²) in [7, 11) is 1.55. The Morgan fingerprint density at radius 1 is 1.09 bits per heavy atom. The fraction of sp³-hybridized carbons (Fsp3) is 0.324. The van der Waals surface area contributed by atoms with E-state index in [9.17, 15) is 14.7 Å². The van der Waals surface area contributed by atoms with Crippen molar-refractivity contribution in [3.63, 3.8) is 0 Å². The van der Waals surface area contributed by atoms with Gasteiger partial charge in [0.25, 0.3) is 5.78 Å². The molecule has 3 heterocycles. The molecule has 8 nitrogen and oxygen atoms in total. The van der Waals surface area contributed by atoms with E-state index in [0.717, 1.165) is 46.4 Å². The van der Waals surface area contributed by atoms with E-state index in [0.29, 0.717) is 40.8 Å². The number of aromatic nitrogens is 1. The number of benzene rings is 3. The summed E-state index contributed by atoms with van der Waals surface area (Å²) >= 11 is 1.33. The topological polar surface area (TPSA) is 98.2 Å². The van der Waals surface area contributed by atoms with Crippen LogP contribution in [-0.4, -0.2) is 41.6 Å². The number of thiazole rings is 1. The molecule has 9 heteroatoms. The molecule has 1 saturated heterocycles. The van der Waals surface area contributed by atoms with Crippen LogP contribution in [0.5, 0.6) is 17.2 Å². The van der Waals surface area contributed by atoms with Crippen LogP contribution in [0.15, 0.2) is 60.2 Å². The molecule has 3 aromatic carbocycles. The number of unbranched alkanes of at least 4 members (excludes halogenated alkanes) is 2. The second-order valence-electron chi connectivity index (χ2n) is 11.1. The zero-order valence-corrected chi connectivity index (χ0v) is 25.5. The zero-order valence-electron chi connectivity index (χ0n) is 24.7. The smallest absolute Gasteiger partial charge is 0.301 e. The fourth-order valence-corrected chi connectivity index (χ4v) is 6.79. The Hall–Kier alpha value is -4.37. The molecule has 43 heavy (non-hydrogen) atoms. The maximum atomic E-state index is 13.8. The van der Waals surface area contributed by atoms with Crippen molar-refractivity contribution >= 4 is 44.1 Å². The molecule has 2 aliphatic rings. The van der Waals surface area contributed by atoms with Gasteiger partial charge in [-0.3, -0.25) is 14.5 Å². The molecule has 1 N–H and O–H groups in total. The number of aryl methyl sites for hydroxylation is 1. The predicted molar refractivity (Wildman–Crippen MR) is 167 cm³/mol. The number of hydrogen-bond acceptors (Lipinski definition) is 8. The highest BCUT2D eigenvalue weighted by Gasteiger charge is 2.48. The average molecular weight is 599 g/mol. The van der Waals surface area contributed by atoms with Crippen molar-refractivity contribution in [3.05, 3.63) is 82.4 Å². The number of anilines is 1. The van der Waals surface area contributed by atoms with Gasteiger partial charge < -0.3 is 19.3 Å². The van der Waals surface area contributed by atoms with Gasteiger partial charge in [-0.2, -0.15) is 0 Å². The van der Waals surface area contributed by atoms with Crippen molar-refractivity contribution < 1.29 is 28.9 Å². The van der Waals surface area contributed by atoms with Gasteiger partial charge in [0.2, 0.25) is 0 Å². The predicted octanol–water partition coefficient (Wildman–Crippen LogP) is 7.13. The number of nitrogens with zero attached hydrogens (tertiary/aromatic N) is 2. The summed E-state index contributed by atoms with van der Waals surface area (Å²) in [4.78, 5) is 33.6. The monoisotopic (exact) mass is 598 g/mol. The standard InChI is InChI=1S/C34H34N2O6S/c1-5-6-7-14-41-26-13-9-21(18-27(26)40-4)30-29(31(37)22-10-12-25-23(17-22)16-20(3)42-25)32(38)33(39)36(30)34-35-24-11-8-19(2)15-28(24)43-34/h8-13,15,17-18,20,30,37H,5-7,14,16H2,1-4H3/t20-,30-/m1/s1. The number of carbonyl (C=O) groups is 2. The van der Waals surface area contributed by atoms with E-state index in [2.05, 4.69) is 6.92 Å². The van der Waals surface area contributed by atoms with Gasteiger partial charge in [-0.25, -0.2) is 4.98 Å². The number of carbonyl (C=O) groups excluding carboxylic acids is 2. The average Bonchev–Trinajstić information content (AvgIpc) is 3.66. The minimum absolute atomic E-state index is 0.00832. The molecule has 2 aliphatic heterocycles. The quantitative estimate of drug-likeness (QED) is 0.0947. The maximum Gasteiger partial charge on any atom is 0.301 e. The van der Waals surface area contributed by atoms with Gasteiger partial charge in [0, 0.05) is 12.0 Å². The number of fused-ring (bicyclic) bond motifs is 2. The molecule has 0 aliphatic carbocycles. The molecule has 0 unspecified atom stereocenters. The lowest BCUT2D eigenvalue weighted by atomic mass is 9.94. The summed E-state index contributed by atoms with van der Waals surface area (Å²) in [5.74, 6) is 0.0287. The van der Waals surface area contributed by atoms with Crippen LogP contribution in [-0.2, 0) is 16.0 Å². The number of rotatable bonds is 9. The second-order valence-corrected chi connectivity index (χ2v) is 12.1. The van der Waals surface area contributed by atoms with E-state index >= 15 is 0 Å². The van der Waals surface area contributed by atoms with Crippen molar-refractivity contribution in [2.45, 2.75) is 58.6 Å². The highest BCUT2D eigenvalue weighted by molar-refractivity contribution is 7.22. The number of hydrogen-bond donors (Lipinski definition) is 1. The van der Waals surface area contributed by atoms with Crippen LogP contribution in [0.1, 0.15) is 61.4 Å². The van der Waals surface area contributed by atoms with Crippen LogP contribution in [0.25, 0.3) is 16.0 Å². The molecule has 4 aromatic rings. The largest absolute Gasteiger partial charge is 0.507 e. The Bertz CT molecular complexity index is 1760. The molecular weight excluding hydrogens is 564 g/mol. The Labute approximate surface area is 254 Å². The number of amides is 1. The first-order chi connectivity index (χ1) is 20.8. The fourth-order valence-electron chi connectivity index (χ4n) is 5.70. The van der Waals surface area contributed by atoms with Crippen LogP contribution >= 0.6 is 11.3 Å². The Morgan fingerprint density at radius 3 is 2.72 bits per heavy atom. The highest BCUT2D eigenvalue weighted by Crippen LogP contribution is 2.46. The van der Waals surface area contributed by atoms with Crippen molar-refractivity contribution in [3.8, 4) is 17.2 Å². The van der Waals surface area contributed by atoms with Gasteiger partial charge in [-0.15, -0.1) is 0 Å². The number of ketones is 1. The molecule has 222 valence electrons. The van der Waals surface area contributed by atoms with Crippen molar-refractivity contribution in [2.75, 3.05) is 18.6 Å². The van der Waals surface area contributed by atoms with Crippen molar-refractivity contribution in [1.29, 1.82) is 0 Å². The molecule has 1 amide bonds. The number of aliphatic hydroxyl groups is 1. The third-order valence-corrected chi connectivity index (χ3v) is 8.88. The van der Waals surface area contributed by atoms with E-state index < -0.39 is 17.7 Å². The molecule has 6 rings (SSSR count). The van der Waals surface area contributed by atoms with Gasteiger partial charge in [-0.05, 0) is 79.4 Å². The molecular formula is C34H34N2O6S. The third-order valence-electron chi connectivity index (χ3n) is 7.86. The van der Waals surface area contributed by atoms with E-state index in [1.807, 2.05) is 44.2 Å². The summed E-state index contributed by atoms with van der Waals surface area (Å²) in [6, 6.07) is 15.6. The molecule has 0 radical (unpaired) electrons. The van der Waals surface area contributed by atoms with Crippen molar-refractivity contribution in [2.24, 2.45) is 0 Å². The van der Waals surface area contributed by atoms with Crippen LogP contribution in [0, 0.1) is 6.92 Å². The first-order valence-corrected chi connectivity index (χ1v) is 15.4. The van der Waals surface area contributed by atoms with Gasteiger partial charge in [0.05, 0.1) is 35.5 Å². The minimum Gasteiger partial charge on any atom is -0.507 e. The van der Waals surface area contributed by atoms with Gasteiger partial charge >= 0.3 is 5.91 Å². The molecule has 1 fully saturated rings. The third kappa shape index (κ3) is 5.33. The number of methoxy groups -OCH3 is 1. The van der Waals surface area contributed by atoms with E-state index in [1.54, 1.807) is 31.4 Å². The first kappa shape index (κ1) is 28.7. The summed E-state index contributed by atoms with van der Waals surface area (Å²) in [6.45, 7) is 6.66.